The van der Waals surface area contributed by atoms with Crippen LogP contribution in [0.4, 0.5) is 0 Å². The van der Waals surface area contributed by atoms with Crippen molar-refractivity contribution in [3.05, 3.63) is 0 Å². The van der Waals surface area contributed by atoms with Crippen LogP contribution >= 0.6 is 33.3 Å². The predicted octanol–water partition coefficient (Wildman–Crippen LogP) is 3.33. The van der Waals surface area contributed by atoms with Crippen molar-refractivity contribution >= 4 is 39.3 Å². The third-order valence-corrected chi connectivity index (χ3v) is 5.73. The first kappa shape index (κ1) is 13.5. The molecule has 0 saturated carbocycles. The Kier molecular flexibility index (Phi) is 9.45. The van der Waals surface area contributed by atoms with Crippen LogP contribution in [0.25, 0.3) is 0 Å². The summed E-state index contributed by atoms with van der Waals surface area (Å²) in [7, 11) is 3.08. The molecular formula is C8H16O2S3. The quantitative estimate of drug-likeness (QED) is 0.400. The van der Waals surface area contributed by atoms with E-state index in [2.05, 4.69) is 6.92 Å². The van der Waals surface area contributed by atoms with Gasteiger partial charge in [0.15, 0.2) is 0 Å². The van der Waals surface area contributed by atoms with E-state index in [-0.39, 0.29) is 5.25 Å². The topological polar surface area (TPSA) is 37.3 Å². The van der Waals surface area contributed by atoms with Crippen molar-refractivity contribution in [1.82, 2.24) is 0 Å². The highest BCUT2D eigenvalue weighted by Gasteiger charge is 2.10. The molecule has 0 heterocycles. The first-order valence-corrected chi connectivity index (χ1v) is 7.81. The van der Waals surface area contributed by atoms with E-state index >= 15 is 0 Å². The lowest BCUT2D eigenvalue weighted by Crippen LogP contribution is -2.09. The monoisotopic (exact) mass is 240 g/mol. The molecule has 0 bridgehead atoms. The zero-order valence-corrected chi connectivity index (χ0v) is 10.4. The lowest BCUT2D eigenvalue weighted by atomic mass is 10.4. The van der Waals surface area contributed by atoms with Crippen molar-refractivity contribution in [1.29, 1.82) is 0 Å². The molecule has 0 amide bonds. The van der Waals surface area contributed by atoms with E-state index in [0.29, 0.717) is 0 Å². The van der Waals surface area contributed by atoms with E-state index in [1.165, 1.54) is 29.4 Å². The molecule has 78 valence electrons. The Morgan fingerprint density at radius 2 is 2.23 bits per heavy atom. The molecule has 0 aliphatic rings. The number of aliphatic carboxylic acids is 1. The normalized spacial score (nSPS) is 12.8. The zero-order valence-electron chi connectivity index (χ0n) is 7.99. The lowest BCUT2D eigenvalue weighted by Gasteiger charge is -2.04. The smallest absolute Gasteiger partial charge is 0.317 e. The minimum absolute atomic E-state index is 0.295. The predicted molar refractivity (Wildman–Crippen MR) is 64.5 cm³/mol. The third-order valence-electron chi connectivity index (χ3n) is 1.33. The van der Waals surface area contributed by atoms with Crippen LogP contribution in [-0.2, 0) is 4.79 Å². The molecule has 0 aliphatic heterocycles. The van der Waals surface area contributed by atoms with Gasteiger partial charge in [-0.1, -0.05) is 34.9 Å². The van der Waals surface area contributed by atoms with E-state index in [0.717, 1.165) is 5.08 Å². The van der Waals surface area contributed by atoms with Crippen molar-refractivity contribution in [2.75, 3.05) is 10.8 Å². The van der Waals surface area contributed by atoms with Gasteiger partial charge < -0.3 is 5.11 Å². The number of carboxylic acids is 1. The summed E-state index contributed by atoms with van der Waals surface area (Å²) in [6.45, 7) is 3.89. The summed E-state index contributed by atoms with van der Waals surface area (Å²) in [6, 6.07) is 0. The van der Waals surface area contributed by atoms with Crippen molar-refractivity contribution < 1.29 is 9.90 Å². The number of carboxylic acid groups (broad SMARTS) is 1. The summed E-state index contributed by atoms with van der Waals surface area (Å²) in [5.74, 6) is 0.460. The van der Waals surface area contributed by atoms with Crippen LogP contribution < -0.4 is 0 Å². The summed E-state index contributed by atoms with van der Waals surface area (Å²) >= 11 is 1.88. The molecule has 0 spiro atoms. The molecular weight excluding hydrogens is 224 g/mol. The van der Waals surface area contributed by atoms with Gasteiger partial charge in [0, 0.05) is 5.08 Å². The van der Waals surface area contributed by atoms with Gasteiger partial charge in [-0.15, -0.1) is 0 Å². The van der Waals surface area contributed by atoms with E-state index in [1.807, 2.05) is 11.8 Å². The summed E-state index contributed by atoms with van der Waals surface area (Å²) in [6.07, 6.45) is 2.49. The maximum absolute atomic E-state index is 10.4. The first-order chi connectivity index (χ1) is 6.18. The van der Waals surface area contributed by atoms with Gasteiger partial charge in [0.2, 0.25) is 0 Å². The summed E-state index contributed by atoms with van der Waals surface area (Å²) in [4.78, 5) is 10.4. The lowest BCUT2D eigenvalue weighted by molar-refractivity contribution is -0.136. The number of carbonyl (C=O) groups is 1. The summed E-state index contributed by atoms with van der Waals surface area (Å²) in [5, 5.41) is 9.28. The Bertz CT molecular complexity index is 141. The fourth-order valence-corrected chi connectivity index (χ4v) is 4.23. The molecule has 0 radical (unpaired) electrons. The van der Waals surface area contributed by atoms with Gasteiger partial charge in [-0.3, -0.25) is 4.79 Å². The molecule has 0 fully saturated rings. The Balaban J connectivity index is 3.11. The largest absolute Gasteiger partial charge is 0.480 e. The van der Waals surface area contributed by atoms with Crippen molar-refractivity contribution in [3.8, 4) is 0 Å². The molecule has 0 saturated heterocycles. The van der Waals surface area contributed by atoms with Crippen molar-refractivity contribution in [2.45, 2.75) is 31.9 Å². The first-order valence-electron chi connectivity index (χ1n) is 4.27. The summed E-state index contributed by atoms with van der Waals surface area (Å²) < 4.78 is 0. The maximum atomic E-state index is 10.4. The van der Waals surface area contributed by atoms with E-state index in [1.54, 1.807) is 17.7 Å². The van der Waals surface area contributed by atoms with Crippen LogP contribution in [0.15, 0.2) is 0 Å². The average Bonchev–Trinajstić information content (AvgIpc) is 2.10. The molecule has 5 heteroatoms. The van der Waals surface area contributed by atoms with E-state index < -0.39 is 5.97 Å². The minimum Gasteiger partial charge on any atom is -0.480 e. The number of unbranched alkanes of at least 4 members (excludes halogenated alkanes) is 1. The maximum Gasteiger partial charge on any atom is 0.317 e. The highest BCUT2D eigenvalue weighted by molar-refractivity contribution is 8.78. The fraction of sp³-hybridized carbons (Fsp3) is 0.875. The van der Waals surface area contributed by atoms with Crippen LogP contribution in [0.2, 0.25) is 0 Å². The number of hydrogen-bond acceptors (Lipinski definition) is 4. The van der Waals surface area contributed by atoms with Crippen LogP contribution in [0.3, 0.4) is 0 Å². The van der Waals surface area contributed by atoms with E-state index in [4.69, 9.17) is 5.11 Å². The molecule has 0 aromatic rings. The van der Waals surface area contributed by atoms with E-state index in [9.17, 15) is 4.79 Å². The molecule has 1 N–H and O–H groups in total. The van der Waals surface area contributed by atoms with Crippen LogP contribution in [0.5, 0.6) is 0 Å². The second-order valence-corrected chi connectivity index (χ2v) is 6.75. The second kappa shape index (κ2) is 9.09. The van der Waals surface area contributed by atoms with Gasteiger partial charge in [-0.05, 0) is 19.1 Å². The highest BCUT2D eigenvalue weighted by atomic mass is 33.1. The molecule has 1 unspecified atom stereocenters. The van der Waals surface area contributed by atoms with Crippen molar-refractivity contribution in [2.24, 2.45) is 0 Å². The standard InChI is InChI=1S/C8H16O2S3/c1-3-4-5-11-6-12-13-7(2)8(9)10/h7H,3-6H2,1-2H3,(H,9,10). The Morgan fingerprint density at radius 3 is 2.77 bits per heavy atom. The van der Waals surface area contributed by atoms with Crippen LogP contribution in [0, 0.1) is 0 Å². The molecule has 2 nitrogen and oxygen atoms in total. The second-order valence-electron chi connectivity index (χ2n) is 2.57. The van der Waals surface area contributed by atoms with Gasteiger partial charge in [0.05, 0.1) is 0 Å². The SMILES string of the molecule is CCCCSCSSC(C)C(=O)O. The molecule has 1 atom stereocenters. The Labute approximate surface area is 92.0 Å². The van der Waals surface area contributed by atoms with Gasteiger partial charge in [-0.25, -0.2) is 0 Å². The summed E-state index contributed by atoms with van der Waals surface area (Å²) in [5.41, 5.74) is 0. The molecule has 0 rings (SSSR count). The molecule has 0 aliphatic carbocycles. The molecule has 13 heavy (non-hydrogen) atoms. The fourth-order valence-electron chi connectivity index (χ4n) is 0.510. The molecule has 0 aromatic carbocycles. The van der Waals surface area contributed by atoms with Gasteiger partial charge in [0.1, 0.15) is 5.25 Å². The Morgan fingerprint density at radius 1 is 1.54 bits per heavy atom. The number of hydrogen-bond donors (Lipinski definition) is 1. The van der Waals surface area contributed by atoms with Gasteiger partial charge in [-0.2, -0.15) is 11.8 Å². The van der Waals surface area contributed by atoms with Gasteiger partial charge >= 0.3 is 5.97 Å². The number of thioether (sulfide) groups is 1. The third kappa shape index (κ3) is 8.84. The highest BCUT2D eigenvalue weighted by Crippen LogP contribution is 2.30. The number of rotatable bonds is 8. The zero-order chi connectivity index (χ0) is 10.1. The van der Waals surface area contributed by atoms with Crippen LogP contribution in [-0.4, -0.2) is 27.2 Å². The van der Waals surface area contributed by atoms with Crippen molar-refractivity contribution in [3.63, 3.8) is 0 Å². The van der Waals surface area contributed by atoms with Gasteiger partial charge in [0.25, 0.3) is 0 Å². The minimum atomic E-state index is -0.726. The van der Waals surface area contributed by atoms with Crippen LogP contribution in [0.1, 0.15) is 26.7 Å². The average molecular weight is 240 g/mol. The molecule has 0 aromatic heterocycles. The Hall–Kier alpha value is 0.520.